The van der Waals surface area contributed by atoms with Gasteiger partial charge in [0.05, 0.1) is 10.6 Å². The van der Waals surface area contributed by atoms with Gasteiger partial charge in [-0.15, -0.1) is 13.2 Å². The highest BCUT2D eigenvalue weighted by atomic mass is 32.2. The lowest BCUT2D eigenvalue weighted by molar-refractivity contribution is -0.274. The number of sulfonamides is 1. The quantitative estimate of drug-likeness (QED) is 0.828. The number of para-hydroxylation sites is 2. The van der Waals surface area contributed by atoms with E-state index in [1.165, 1.54) is 43.3 Å². The number of amides is 1. The zero-order chi connectivity index (χ0) is 20.5. The van der Waals surface area contributed by atoms with Crippen LogP contribution in [0.4, 0.5) is 24.5 Å². The number of fused-ring (bicyclic) bond motifs is 1. The van der Waals surface area contributed by atoms with Gasteiger partial charge >= 0.3 is 6.36 Å². The Morgan fingerprint density at radius 3 is 2.57 bits per heavy atom. The van der Waals surface area contributed by atoms with Gasteiger partial charge in [0.1, 0.15) is 0 Å². The standard InChI is InChI=1S/C18H17F3N2O4S/c1-12(24)23-10-4-5-13-11-14(8-9-16(13)23)28(25,26)22-15-6-2-3-7-17(15)27-18(19,20)21/h2-3,6-9,11,22H,4-5,10H2,1H3. The number of aryl methyl sites for hydroxylation is 1. The van der Waals surface area contributed by atoms with Crippen LogP contribution >= 0.6 is 0 Å². The van der Waals surface area contributed by atoms with Crippen LogP contribution < -0.4 is 14.4 Å². The number of nitrogens with one attached hydrogen (secondary N) is 1. The number of benzene rings is 2. The molecule has 0 unspecified atom stereocenters. The fraction of sp³-hybridized carbons (Fsp3) is 0.278. The molecule has 6 nitrogen and oxygen atoms in total. The summed E-state index contributed by atoms with van der Waals surface area (Å²) in [4.78, 5) is 13.2. The maximum atomic E-state index is 12.7. The van der Waals surface area contributed by atoms with Crippen molar-refractivity contribution in [1.82, 2.24) is 0 Å². The Labute approximate surface area is 160 Å². The summed E-state index contributed by atoms with van der Waals surface area (Å²) < 4.78 is 69.0. The molecule has 1 N–H and O–H groups in total. The van der Waals surface area contributed by atoms with Crippen molar-refractivity contribution < 1.29 is 31.1 Å². The fourth-order valence-corrected chi connectivity index (χ4v) is 4.16. The summed E-state index contributed by atoms with van der Waals surface area (Å²) >= 11 is 0. The summed E-state index contributed by atoms with van der Waals surface area (Å²) in [5, 5.41) is 0. The Morgan fingerprint density at radius 1 is 1.18 bits per heavy atom. The van der Waals surface area contributed by atoms with Crippen LogP contribution in [0.1, 0.15) is 18.9 Å². The van der Waals surface area contributed by atoms with E-state index < -0.39 is 22.1 Å². The number of nitrogens with zero attached hydrogens (tertiary/aromatic N) is 1. The maximum absolute atomic E-state index is 12.7. The average molecular weight is 414 g/mol. The van der Waals surface area contributed by atoms with Gasteiger partial charge in [-0.05, 0) is 48.7 Å². The van der Waals surface area contributed by atoms with E-state index in [9.17, 15) is 26.4 Å². The van der Waals surface area contributed by atoms with Crippen molar-refractivity contribution in [3.8, 4) is 5.75 Å². The molecule has 0 fully saturated rings. The van der Waals surface area contributed by atoms with Crippen LogP contribution in [-0.4, -0.2) is 27.2 Å². The van der Waals surface area contributed by atoms with Gasteiger partial charge in [0.2, 0.25) is 5.91 Å². The number of carbonyl (C=O) groups is 1. The van der Waals surface area contributed by atoms with Gasteiger partial charge < -0.3 is 9.64 Å². The van der Waals surface area contributed by atoms with Crippen molar-refractivity contribution in [3.05, 3.63) is 48.0 Å². The molecule has 0 bridgehead atoms. The molecule has 1 aliphatic rings. The van der Waals surface area contributed by atoms with E-state index in [1.54, 1.807) is 4.90 Å². The van der Waals surface area contributed by atoms with Crippen LogP contribution in [0, 0.1) is 0 Å². The van der Waals surface area contributed by atoms with Gasteiger partial charge in [0.15, 0.2) is 5.75 Å². The fourth-order valence-electron chi connectivity index (χ4n) is 3.04. The normalized spacial score (nSPS) is 14.4. The first-order valence-electron chi connectivity index (χ1n) is 8.35. The molecule has 0 spiro atoms. The summed E-state index contributed by atoms with van der Waals surface area (Å²) in [7, 11) is -4.16. The van der Waals surface area contributed by atoms with Crippen LogP contribution in [0.15, 0.2) is 47.4 Å². The molecule has 0 saturated heterocycles. The summed E-state index contributed by atoms with van der Waals surface area (Å²) in [6.07, 6.45) is -3.68. The molecule has 0 atom stereocenters. The van der Waals surface area contributed by atoms with E-state index in [0.29, 0.717) is 30.6 Å². The van der Waals surface area contributed by atoms with Crippen LogP contribution in [0.3, 0.4) is 0 Å². The molecule has 10 heteroatoms. The van der Waals surface area contributed by atoms with Crippen LogP contribution in [0.2, 0.25) is 0 Å². The Balaban J connectivity index is 1.92. The highest BCUT2D eigenvalue weighted by molar-refractivity contribution is 7.92. The molecule has 1 aliphatic heterocycles. The molecule has 28 heavy (non-hydrogen) atoms. The molecule has 0 aliphatic carbocycles. The van der Waals surface area contributed by atoms with E-state index in [4.69, 9.17) is 0 Å². The lowest BCUT2D eigenvalue weighted by Crippen LogP contribution is -2.33. The lowest BCUT2D eigenvalue weighted by Gasteiger charge is -2.28. The SMILES string of the molecule is CC(=O)N1CCCc2cc(S(=O)(=O)Nc3ccccc3OC(F)(F)F)ccc21. The second kappa shape index (κ2) is 7.34. The summed E-state index contributed by atoms with van der Waals surface area (Å²) in [5.74, 6) is -0.799. The molecule has 1 amide bonds. The lowest BCUT2D eigenvalue weighted by atomic mass is 10.0. The third-order valence-electron chi connectivity index (χ3n) is 4.22. The minimum absolute atomic E-state index is 0.113. The van der Waals surface area contributed by atoms with Gasteiger partial charge in [-0.2, -0.15) is 0 Å². The number of alkyl halides is 3. The predicted octanol–water partition coefficient (Wildman–Crippen LogP) is 3.69. The predicted molar refractivity (Wildman–Crippen MR) is 96.7 cm³/mol. The van der Waals surface area contributed by atoms with Gasteiger partial charge in [-0.3, -0.25) is 9.52 Å². The molecule has 3 rings (SSSR count). The minimum atomic E-state index is -4.95. The number of carbonyl (C=O) groups excluding carboxylic acids is 1. The summed E-state index contributed by atoms with van der Waals surface area (Å²) in [6, 6.07) is 9.16. The van der Waals surface area contributed by atoms with Crippen LogP contribution in [0.25, 0.3) is 0 Å². The largest absolute Gasteiger partial charge is 0.573 e. The van der Waals surface area contributed by atoms with E-state index in [1.807, 2.05) is 0 Å². The maximum Gasteiger partial charge on any atom is 0.573 e. The highest BCUT2D eigenvalue weighted by Gasteiger charge is 2.32. The van der Waals surface area contributed by atoms with Crippen LogP contribution in [-0.2, 0) is 21.2 Å². The van der Waals surface area contributed by atoms with E-state index >= 15 is 0 Å². The Hall–Kier alpha value is -2.75. The summed E-state index contributed by atoms with van der Waals surface area (Å²) in [6.45, 7) is 1.98. The Bertz CT molecular complexity index is 1010. The van der Waals surface area contributed by atoms with Crippen molar-refractivity contribution in [2.75, 3.05) is 16.2 Å². The summed E-state index contributed by atoms with van der Waals surface area (Å²) in [5.41, 5.74) is 0.991. The van der Waals surface area contributed by atoms with Crippen LogP contribution in [0.5, 0.6) is 5.75 Å². The third-order valence-corrected chi connectivity index (χ3v) is 5.58. The van der Waals surface area contributed by atoms with Gasteiger partial charge in [-0.25, -0.2) is 8.42 Å². The molecule has 0 radical (unpaired) electrons. The van der Waals surface area contributed by atoms with Crippen molar-refractivity contribution in [2.24, 2.45) is 0 Å². The smallest absolute Gasteiger partial charge is 0.404 e. The van der Waals surface area contributed by atoms with Gasteiger partial charge in [0.25, 0.3) is 10.0 Å². The first kappa shape index (κ1) is 20.0. The van der Waals surface area contributed by atoms with Crippen molar-refractivity contribution >= 4 is 27.3 Å². The number of hydrogen-bond donors (Lipinski definition) is 1. The Kier molecular flexibility index (Phi) is 5.24. The number of rotatable bonds is 4. The number of hydrogen-bond acceptors (Lipinski definition) is 4. The Morgan fingerprint density at radius 2 is 1.89 bits per heavy atom. The molecular formula is C18H17F3N2O4S. The van der Waals surface area contributed by atoms with Crippen molar-refractivity contribution in [2.45, 2.75) is 31.0 Å². The monoisotopic (exact) mass is 414 g/mol. The number of ether oxygens (including phenoxy) is 1. The van der Waals surface area contributed by atoms with Gasteiger partial charge in [0, 0.05) is 19.2 Å². The van der Waals surface area contributed by atoms with E-state index in [0.717, 1.165) is 6.07 Å². The van der Waals surface area contributed by atoms with Gasteiger partial charge in [-0.1, -0.05) is 12.1 Å². The zero-order valence-electron chi connectivity index (χ0n) is 14.8. The third kappa shape index (κ3) is 4.38. The van der Waals surface area contributed by atoms with E-state index in [-0.39, 0.29) is 16.5 Å². The molecule has 2 aromatic rings. The van der Waals surface area contributed by atoms with Crippen molar-refractivity contribution in [1.29, 1.82) is 0 Å². The zero-order valence-corrected chi connectivity index (χ0v) is 15.6. The average Bonchev–Trinajstić information content (AvgIpc) is 2.61. The molecule has 1 heterocycles. The first-order chi connectivity index (χ1) is 13.1. The highest BCUT2D eigenvalue weighted by Crippen LogP contribution is 2.33. The topological polar surface area (TPSA) is 75.7 Å². The molecular weight excluding hydrogens is 397 g/mol. The number of halogens is 3. The molecule has 0 saturated carbocycles. The van der Waals surface area contributed by atoms with E-state index in [2.05, 4.69) is 9.46 Å². The minimum Gasteiger partial charge on any atom is -0.404 e. The number of anilines is 2. The molecule has 0 aromatic heterocycles. The molecule has 2 aromatic carbocycles. The van der Waals surface area contributed by atoms with Crippen molar-refractivity contribution in [3.63, 3.8) is 0 Å². The second-order valence-electron chi connectivity index (χ2n) is 6.21. The molecule has 150 valence electrons. The second-order valence-corrected chi connectivity index (χ2v) is 7.90. The first-order valence-corrected chi connectivity index (χ1v) is 9.84.